The Labute approximate surface area is 198 Å². The van der Waals surface area contributed by atoms with Crippen LogP contribution in [-0.4, -0.2) is 22.6 Å². The molecule has 1 saturated heterocycles. The predicted molar refractivity (Wildman–Crippen MR) is 129 cm³/mol. The van der Waals surface area contributed by atoms with Crippen LogP contribution in [0.15, 0.2) is 77.3 Å². The first kappa shape index (κ1) is 20.7. The molecule has 1 aliphatic heterocycles. The van der Waals surface area contributed by atoms with Crippen LogP contribution in [0.5, 0.6) is 5.75 Å². The highest BCUT2D eigenvalue weighted by molar-refractivity contribution is 5.96. The average Bonchev–Trinajstić information content (AvgIpc) is 3.63. The molecule has 2 heterocycles. The van der Waals surface area contributed by atoms with Crippen molar-refractivity contribution in [1.29, 1.82) is 0 Å². The number of benzene rings is 3. The summed E-state index contributed by atoms with van der Waals surface area (Å²) >= 11 is 0. The summed E-state index contributed by atoms with van der Waals surface area (Å²) in [4.78, 5) is 19.2. The van der Waals surface area contributed by atoms with E-state index in [4.69, 9.17) is 9.26 Å². The summed E-state index contributed by atoms with van der Waals surface area (Å²) in [6.07, 6.45) is 3.81. The highest BCUT2D eigenvalue weighted by atomic mass is 16.5. The number of rotatable bonds is 6. The Hall–Kier alpha value is -3.93. The summed E-state index contributed by atoms with van der Waals surface area (Å²) in [5.41, 5.74) is 5.71. The van der Waals surface area contributed by atoms with Crippen LogP contribution < -0.4 is 9.64 Å². The van der Waals surface area contributed by atoms with Gasteiger partial charge < -0.3 is 14.2 Å². The number of nitrogens with zero attached hydrogens (tertiary/aromatic N) is 3. The molecule has 1 fully saturated rings. The van der Waals surface area contributed by atoms with Gasteiger partial charge in [-0.1, -0.05) is 41.6 Å². The van der Waals surface area contributed by atoms with Crippen LogP contribution in [0.4, 0.5) is 5.69 Å². The Morgan fingerprint density at radius 2 is 1.79 bits per heavy atom. The Morgan fingerprint density at radius 1 is 0.971 bits per heavy atom. The Kier molecular flexibility index (Phi) is 5.34. The molecule has 0 saturated carbocycles. The van der Waals surface area contributed by atoms with Gasteiger partial charge in [-0.3, -0.25) is 4.79 Å². The number of aryl methyl sites for hydroxylation is 2. The monoisotopic (exact) mass is 451 g/mol. The fourth-order valence-electron chi connectivity index (χ4n) is 4.81. The molecule has 4 aromatic rings. The van der Waals surface area contributed by atoms with E-state index >= 15 is 0 Å². The molecule has 3 aromatic carbocycles. The first-order chi connectivity index (χ1) is 16.7. The van der Waals surface area contributed by atoms with Gasteiger partial charge in [0.1, 0.15) is 12.4 Å². The Morgan fingerprint density at radius 3 is 2.65 bits per heavy atom. The summed E-state index contributed by atoms with van der Waals surface area (Å²) < 4.78 is 11.4. The fraction of sp³-hybridized carbons (Fsp3) is 0.250. The van der Waals surface area contributed by atoms with E-state index in [1.165, 1.54) is 17.5 Å². The zero-order valence-corrected chi connectivity index (χ0v) is 18.8. The van der Waals surface area contributed by atoms with Crippen molar-refractivity contribution in [2.24, 2.45) is 0 Å². The highest BCUT2D eigenvalue weighted by Crippen LogP contribution is 2.34. The van der Waals surface area contributed by atoms with Crippen molar-refractivity contribution in [3.63, 3.8) is 0 Å². The number of hydrogen-bond donors (Lipinski definition) is 0. The van der Waals surface area contributed by atoms with Gasteiger partial charge in [0.15, 0.2) is 0 Å². The molecule has 6 rings (SSSR count). The van der Waals surface area contributed by atoms with Crippen LogP contribution in [-0.2, 0) is 24.2 Å². The smallest absolute Gasteiger partial charge is 0.232 e. The minimum Gasteiger partial charge on any atom is -0.489 e. The largest absolute Gasteiger partial charge is 0.489 e. The van der Waals surface area contributed by atoms with E-state index in [2.05, 4.69) is 28.3 Å². The number of anilines is 1. The van der Waals surface area contributed by atoms with Crippen molar-refractivity contribution in [1.82, 2.24) is 10.1 Å². The number of fused-ring (bicyclic) bond motifs is 1. The van der Waals surface area contributed by atoms with Crippen molar-refractivity contribution >= 4 is 11.6 Å². The number of hydrogen-bond acceptors (Lipinski definition) is 5. The van der Waals surface area contributed by atoms with Gasteiger partial charge in [0, 0.05) is 24.2 Å². The lowest BCUT2D eigenvalue weighted by atomic mass is 10.1. The zero-order chi connectivity index (χ0) is 22.9. The van der Waals surface area contributed by atoms with Crippen molar-refractivity contribution in [2.75, 3.05) is 11.4 Å². The topological polar surface area (TPSA) is 68.5 Å². The third-order valence-corrected chi connectivity index (χ3v) is 6.67. The van der Waals surface area contributed by atoms with Gasteiger partial charge in [0.05, 0.1) is 5.92 Å². The maximum Gasteiger partial charge on any atom is 0.232 e. The highest BCUT2D eigenvalue weighted by Gasteiger charge is 2.35. The van der Waals surface area contributed by atoms with Crippen LogP contribution >= 0.6 is 0 Å². The molecule has 2 aliphatic rings. The van der Waals surface area contributed by atoms with Crippen LogP contribution in [0.2, 0.25) is 0 Å². The molecular formula is C28H25N3O3. The van der Waals surface area contributed by atoms with Crippen LogP contribution in [0.3, 0.4) is 0 Å². The summed E-state index contributed by atoms with van der Waals surface area (Å²) in [5, 5.41) is 4.17. The van der Waals surface area contributed by atoms with Gasteiger partial charge in [-0.2, -0.15) is 4.98 Å². The second-order valence-corrected chi connectivity index (χ2v) is 8.97. The maximum atomic E-state index is 12.8. The molecule has 0 radical (unpaired) electrons. The van der Waals surface area contributed by atoms with Gasteiger partial charge in [0.25, 0.3) is 0 Å². The summed E-state index contributed by atoms with van der Waals surface area (Å²) in [7, 11) is 0. The van der Waals surface area contributed by atoms with Crippen LogP contribution in [0.1, 0.15) is 41.3 Å². The van der Waals surface area contributed by atoms with Gasteiger partial charge in [-0.25, -0.2) is 0 Å². The molecule has 1 aromatic heterocycles. The second-order valence-electron chi connectivity index (χ2n) is 8.97. The van der Waals surface area contributed by atoms with Crippen LogP contribution in [0, 0.1) is 0 Å². The molecular weight excluding hydrogens is 426 g/mol. The molecule has 1 unspecified atom stereocenters. The van der Waals surface area contributed by atoms with E-state index in [1.54, 1.807) is 0 Å². The second kappa shape index (κ2) is 8.78. The van der Waals surface area contributed by atoms with Gasteiger partial charge in [-0.05, 0) is 72.4 Å². The minimum atomic E-state index is -0.101. The molecule has 34 heavy (non-hydrogen) atoms. The summed E-state index contributed by atoms with van der Waals surface area (Å²) in [5.74, 6) is 1.81. The molecule has 0 N–H and O–H groups in total. The summed E-state index contributed by atoms with van der Waals surface area (Å²) in [6.45, 7) is 1.08. The van der Waals surface area contributed by atoms with E-state index in [0.29, 0.717) is 31.3 Å². The number of carbonyl (C=O) groups is 1. The van der Waals surface area contributed by atoms with Gasteiger partial charge in [0.2, 0.25) is 17.6 Å². The number of amides is 1. The molecule has 6 nitrogen and oxygen atoms in total. The number of carbonyl (C=O) groups excluding carboxylic acids is 1. The minimum absolute atomic E-state index is 0.0996. The molecule has 170 valence electrons. The molecule has 1 atom stereocenters. The quantitative estimate of drug-likeness (QED) is 0.397. The van der Waals surface area contributed by atoms with Crippen LogP contribution in [0.25, 0.3) is 11.4 Å². The molecule has 0 spiro atoms. The number of aromatic nitrogens is 2. The van der Waals surface area contributed by atoms with Crippen molar-refractivity contribution < 1.29 is 14.1 Å². The van der Waals surface area contributed by atoms with E-state index in [0.717, 1.165) is 35.4 Å². The molecule has 6 heteroatoms. The van der Waals surface area contributed by atoms with Crippen molar-refractivity contribution in [3.8, 4) is 17.1 Å². The van der Waals surface area contributed by atoms with E-state index in [1.807, 2.05) is 59.5 Å². The lowest BCUT2D eigenvalue weighted by molar-refractivity contribution is -0.117. The molecule has 0 bridgehead atoms. The van der Waals surface area contributed by atoms with E-state index < -0.39 is 0 Å². The SMILES string of the molecule is O=C1CC(c2nc(-c3ccc(OCc4ccccc4)cc3)no2)CN1c1ccc2c(c1)CCC2. The van der Waals surface area contributed by atoms with Crippen molar-refractivity contribution in [3.05, 3.63) is 95.4 Å². The molecule has 1 amide bonds. The van der Waals surface area contributed by atoms with E-state index in [-0.39, 0.29) is 11.8 Å². The normalized spacial score (nSPS) is 17.2. The average molecular weight is 452 g/mol. The first-order valence-electron chi connectivity index (χ1n) is 11.8. The Balaban J connectivity index is 1.12. The van der Waals surface area contributed by atoms with Gasteiger partial charge in [-0.15, -0.1) is 0 Å². The standard InChI is InChI=1S/C28H25N3O3/c32-26-16-23(17-31(26)24-12-9-20-7-4-8-22(20)15-24)28-29-27(30-34-28)21-10-13-25(14-11-21)33-18-19-5-2-1-3-6-19/h1-3,5-6,9-15,23H,4,7-8,16-18H2. The third-order valence-electron chi connectivity index (χ3n) is 6.67. The third kappa shape index (κ3) is 4.07. The fourth-order valence-corrected chi connectivity index (χ4v) is 4.81. The maximum absolute atomic E-state index is 12.8. The lowest BCUT2D eigenvalue weighted by Gasteiger charge is -2.17. The van der Waals surface area contributed by atoms with Gasteiger partial charge >= 0.3 is 0 Å². The van der Waals surface area contributed by atoms with E-state index in [9.17, 15) is 4.79 Å². The zero-order valence-electron chi connectivity index (χ0n) is 18.8. The first-order valence-corrected chi connectivity index (χ1v) is 11.8. The predicted octanol–water partition coefficient (Wildman–Crippen LogP) is 5.32. The lowest BCUT2D eigenvalue weighted by Crippen LogP contribution is -2.24. The number of ether oxygens (including phenoxy) is 1. The summed E-state index contributed by atoms with van der Waals surface area (Å²) in [6, 6.07) is 24.1. The van der Waals surface area contributed by atoms with Crippen molar-refractivity contribution in [2.45, 2.75) is 38.2 Å². The Bertz CT molecular complexity index is 1310. The molecule has 1 aliphatic carbocycles.